The Bertz CT molecular complexity index is 526. The molecule has 1 aromatic heterocycles. The molecular weight excluding hydrogens is 323 g/mol. The van der Waals surface area contributed by atoms with Gasteiger partial charge >= 0.3 is 6.18 Å². The lowest BCUT2D eigenvalue weighted by Gasteiger charge is -2.11. The van der Waals surface area contributed by atoms with Crippen LogP contribution in [0.2, 0.25) is 0 Å². The van der Waals surface area contributed by atoms with Gasteiger partial charge in [-0.25, -0.2) is 13.4 Å². The first-order chi connectivity index (χ1) is 7.56. The van der Waals surface area contributed by atoms with E-state index in [4.69, 9.17) is 0 Å². The lowest BCUT2D eigenvalue weighted by molar-refractivity contribution is -0.141. The van der Waals surface area contributed by atoms with E-state index in [1.807, 2.05) is 0 Å². The average Bonchev–Trinajstić information content (AvgIpc) is 2.15. The van der Waals surface area contributed by atoms with Crippen LogP contribution >= 0.6 is 15.9 Å². The summed E-state index contributed by atoms with van der Waals surface area (Å²) >= 11 is 2.89. The third kappa shape index (κ3) is 2.98. The molecule has 0 N–H and O–H groups in total. The third-order valence-corrected chi connectivity index (χ3v) is 4.99. The fraction of sp³-hybridized carbons (Fsp3) is 0.444. The van der Waals surface area contributed by atoms with E-state index in [0.29, 0.717) is 0 Å². The van der Waals surface area contributed by atoms with Gasteiger partial charge in [-0.3, -0.25) is 0 Å². The molecule has 0 unspecified atom stereocenters. The molecule has 0 amide bonds. The molecule has 0 aromatic carbocycles. The molecule has 3 nitrogen and oxygen atoms in total. The topological polar surface area (TPSA) is 47.0 Å². The van der Waals surface area contributed by atoms with Gasteiger partial charge in [0.1, 0.15) is 5.69 Å². The Morgan fingerprint density at radius 1 is 1.29 bits per heavy atom. The molecule has 0 aliphatic heterocycles. The number of aromatic nitrogens is 1. The van der Waals surface area contributed by atoms with E-state index in [-0.39, 0.29) is 4.47 Å². The van der Waals surface area contributed by atoms with Gasteiger partial charge in [-0.05, 0) is 41.9 Å². The monoisotopic (exact) mass is 331 g/mol. The molecule has 1 heterocycles. The fourth-order valence-electron chi connectivity index (χ4n) is 1.00. The standard InChI is InChI=1S/C9H9BrF3NO2S/c1-5(2)17(15,16)8-6(10)3-4-7(14-8)9(11,12)13/h3-5H,1-2H3. The largest absolute Gasteiger partial charge is 0.433 e. The van der Waals surface area contributed by atoms with Crippen molar-refractivity contribution in [3.63, 3.8) is 0 Å². The zero-order valence-corrected chi connectivity index (χ0v) is 11.3. The summed E-state index contributed by atoms with van der Waals surface area (Å²) in [6.07, 6.45) is -4.66. The smallest absolute Gasteiger partial charge is 0.231 e. The Morgan fingerprint density at radius 2 is 1.82 bits per heavy atom. The van der Waals surface area contributed by atoms with Crippen molar-refractivity contribution in [3.05, 3.63) is 22.3 Å². The van der Waals surface area contributed by atoms with Gasteiger partial charge in [0.25, 0.3) is 0 Å². The van der Waals surface area contributed by atoms with E-state index >= 15 is 0 Å². The molecule has 0 fully saturated rings. The summed E-state index contributed by atoms with van der Waals surface area (Å²) in [7, 11) is -3.85. The molecule has 0 aliphatic carbocycles. The van der Waals surface area contributed by atoms with Crippen molar-refractivity contribution in [1.29, 1.82) is 0 Å². The lowest BCUT2D eigenvalue weighted by Crippen LogP contribution is -2.18. The summed E-state index contributed by atoms with van der Waals surface area (Å²) in [6.45, 7) is 2.76. The molecular formula is C9H9BrF3NO2S. The molecule has 1 rings (SSSR count). The fourth-order valence-corrected chi connectivity index (χ4v) is 2.91. The van der Waals surface area contributed by atoms with Gasteiger partial charge in [0.2, 0.25) is 0 Å². The van der Waals surface area contributed by atoms with Crippen LogP contribution < -0.4 is 0 Å². The maximum Gasteiger partial charge on any atom is 0.433 e. The van der Waals surface area contributed by atoms with Crippen LogP contribution in [-0.2, 0) is 16.0 Å². The SMILES string of the molecule is CC(C)S(=O)(=O)c1nc(C(F)(F)F)ccc1Br. The second-order valence-electron chi connectivity index (χ2n) is 3.57. The average molecular weight is 332 g/mol. The van der Waals surface area contributed by atoms with Crippen molar-refractivity contribution < 1.29 is 21.6 Å². The van der Waals surface area contributed by atoms with Crippen molar-refractivity contribution >= 4 is 25.8 Å². The van der Waals surface area contributed by atoms with Gasteiger partial charge in [0, 0.05) is 0 Å². The van der Waals surface area contributed by atoms with Gasteiger partial charge < -0.3 is 0 Å². The predicted molar refractivity (Wildman–Crippen MR) is 59.3 cm³/mol. The summed E-state index contributed by atoms with van der Waals surface area (Å²) < 4.78 is 60.8. The summed E-state index contributed by atoms with van der Waals surface area (Å²) in [5, 5.41) is -1.42. The Kier molecular flexibility index (Phi) is 3.87. The highest BCUT2D eigenvalue weighted by atomic mass is 79.9. The molecule has 0 saturated carbocycles. The highest BCUT2D eigenvalue weighted by Gasteiger charge is 2.35. The molecule has 0 saturated heterocycles. The van der Waals surface area contributed by atoms with Crippen molar-refractivity contribution in [2.75, 3.05) is 0 Å². The predicted octanol–water partition coefficient (Wildman–Crippen LogP) is 3.05. The molecule has 1 aromatic rings. The van der Waals surface area contributed by atoms with E-state index in [9.17, 15) is 21.6 Å². The number of halogens is 4. The molecule has 0 atom stereocenters. The summed E-state index contributed by atoms with van der Waals surface area (Å²) in [4.78, 5) is 3.18. The highest BCUT2D eigenvalue weighted by Crippen LogP contribution is 2.31. The van der Waals surface area contributed by atoms with Crippen LogP contribution in [0.1, 0.15) is 19.5 Å². The van der Waals surface area contributed by atoms with Gasteiger partial charge in [-0.1, -0.05) is 0 Å². The third-order valence-electron chi connectivity index (χ3n) is 1.99. The van der Waals surface area contributed by atoms with Crippen LogP contribution in [0, 0.1) is 0 Å². The highest BCUT2D eigenvalue weighted by molar-refractivity contribution is 9.10. The van der Waals surface area contributed by atoms with Gasteiger partial charge in [0.05, 0.1) is 9.72 Å². The second-order valence-corrected chi connectivity index (χ2v) is 6.85. The van der Waals surface area contributed by atoms with Crippen LogP contribution in [0.15, 0.2) is 21.6 Å². The van der Waals surface area contributed by atoms with Crippen molar-refractivity contribution in [3.8, 4) is 0 Å². The minimum Gasteiger partial charge on any atom is -0.231 e. The second kappa shape index (κ2) is 4.56. The van der Waals surface area contributed by atoms with E-state index < -0.39 is 32.0 Å². The normalized spacial score (nSPS) is 13.1. The van der Waals surface area contributed by atoms with Crippen LogP contribution in [0.25, 0.3) is 0 Å². The van der Waals surface area contributed by atoms with Gasteiger partial charge in [0.15, 0.2) is 14.9 Å². The van der Waals surface area contributed by atoms with E-state index in [1.165, 1.54) is 13.8 Å². The van der Waals surface area contributed by atoms with E-state index in [1.54, 1.807) is 0 Å². The first kappa shape index (κ1) is 14.4. The van der Waals surface area contributed by atoms with Crippen LogP contribution in [0.4, 0.5) is 13.2 Å². The molecule has 0 bridgehead atoms. The zero-order valence-electron chi connectivity index (χ0n) is 8.92. The number of nitrogens with zero attached hydrogens (tertiary/aromatic N) is 1. The maximum atomic E-state index is 12.4. The Hall–Kier alpha value is -0.630. The number of hydrogen-bond acceptors (Lipinski definition) is 3. The number of sulfone groups is 1. The maximum absolute atomic E-state index is 12.4. The first-order valence-electron chi connectivity index (χ1n) is 4.54. The number of hydrogen-bond donors (Lipinski definition) is 0. The zero-order chi connectivity index (χ0) is 13.4. The van der Waals surface area contributed by atoms with Gasteiger partial charge in [-0.2, -0.15) is 13.2 Å². The lowest BCUT2D eigenvalue weighted by atomic mass is 10.3. The molecule has 0 spiro atoms. The van der Waals surface area contributed by atoms with Crippen molar-refractivity contribution in [1.82, 2.24) is 4.98 Å². The minimum absolute atomic E-state index is 0.0270. The first-order valence-corrected chi connectivity index (χ1v) is 6.88. The van der Waals surface area contributed by atoms with E-state index in [2.05, 4.69) is 20.9 Å². The number of pyridine rings is 1. The van der Waals surface area contributed by atoms with Crippen molar-refractivity contribution in [2.45, 2.75) is 30.3 Å². The summed E-state index contributed by atoms with van der Waals surface area (Å²) in [5.74, 6) is 0. The quantitative estimate of drug-likeness (QED) is 0.836. The molecule has 0 radical (unpaired) electrons. The number of alkyl halides is 3. The Morgan fingerprint density at radius 3 is 2.24 bits per heavy atom. The summed E-state index contributed by atoms with van der Waals surface area (Å²) in [5.41, 5.74) is -1.22. The van der Waals surface area contributed by atoms with E-state index in [0.717, 1.165) is 12.1 Å². The number of rotatable bonds is 2. The van der Waals surface area contributed by atoms with Crippen LogP contribution in [0.3, 0.4) is 0 Å². The minimum atomic E-state index is -4.66. The van der Waals surface area contributed by atoms with Crippen molar-refractivity contribution in [2.24, 2.45) is 0 Å². The summed E-state index contributed by atoms with van der Waals surface area (Å²) in [6, 6.07) is 1.76. The molecule has 17 heavy (non-hydrogen) atoms. The molecule has 0 aliphatic rings. The Balaban J connectivity index is 3.46. The van der Waals surface area contributed by atoms with Crippen LogP contribution in [-0.4, -0.2) is 18.7 Å². The molecule has 96 valence electrons. The Labute approximate surface area is 105 Å². The van der Waals surface area contributed by atoms with Crippen LogP contribution in [0.5, 0.6) is 0 Å². The van der Waals surface area contributed by atoms with Gasteiger partial charge in [-0.15, -0.1) is 0 Å². The molecule has 8 heteroatoms.